The Kier molecular flexibility index (Phi) is 7.61. The maximum absolute atomic E-state index is 13.2. The van der Waals surface area contributed by atoms with Gasteiger partial charge in [0.25, 0.3) is 5.91 Å². The summed E-state index contributed by atoms with van der Waals surface area (Å²) >= 11 is 0. The Balaban J connectivity index is 1.67. The van der Waals surface area contributed by atoms with E-state index in [9.17, 15) is 14.0 Å². The summed E-state index contributed by atoms with van der Waals surface area (Å²) in [6.45, 7) is 0.000390. The van der Waals surface area contributed by atoms with E-state index in [2.05, 4.69) is 0 Å². The lowest BCUT2D eigenvalue weighted by atomic mass is 10.2. The summed E-state index contributed by atoms with van der Waals surface area (Å²) in [5.41, 5.74) is 0.657. The molecule has 7 heteroatoms. The van der Waals surface area contributed by atoms with Crippen LogP contribution in [0.5, 0.6) is 11.5 Å². The van der Waals surface area contributed by atoms with Gasteiger partial charge in [-0.25, -0.2) is 4.39 Å². The van der Waals surface area contributed by atoms with E-state index in [0.29, 0.717) is 17.1 Å². The molecular formula is C20H22FNO5. The number of amides is 1. The number of rotatable bonds is 9. The van der Waals surface area contributed by atoms with E-state index in [4.69, 9.17) is 14.2 Å². The van der Waals surface area contributed by atoms with Crippen molar-refractivity contribution in [1.82, 2.24) is 4.90 Å². The minimum atomic E-state index is -0.531. The second kappa shape index (κ2) is 10.2. The molecule has 0 unspecified atom stereocenters. The maximum Gasteiger partial charge on any atom is 0.309 e. The molecule has 0 saturated carbocycles. The number of methoxy groups -OCH3 is 1. The monoisotopic (exact) mass is 375 g/mol. The van der Waals surface area contributed by atoms with Gasteiger partial charge in [-0.15, -0.1) is 0 Å². The zero-order chi connectivity index (χ0) is 19.6. The largest absolute Gasteiger partial charge is 0.497 e. The molecule has 2 aromatic carbocycles. The second-order valence-electron chi connectivity index (χ2n) is 5.81. The minimum Gasteiger partial charge on any atom is -0.497 e. The Hall–Kier alpha value is -3.09. The van der Waals surface area contributed by atoms with E-state index in [1.165, 1.54) is 17.0 Å². The number of hydrogen-bond donors (Lipinski definition) is 0. The number of esters is 1. The van der Waals surface area contributed by atoms with Crippen LogP contribution in [0, 0.1) is 5.82 Å². The van der Waals surface area contributed by atoms with Crippen LogP contribution in [0.25, 0.3) is 0 Å². The summed E-state index contributed by atoms with van der Waals surface area (Å²) in [6.07, 6.45) is 0.0208. The zero-order valence-electron chi connectivity index (χ0n) is 15.3. The van der Waals surface area contributed by atoms with Crippen molar-refractivity contribution in [3.05, 3.63) is 59.9 Å². The number of likely N-dealkylation sites (N-methyl/N-ethyl adjacent to an activating group) is 1. The lowest BCUT2D eigenvalue weighted by Crippen LogP contribution is -2.31. The van der Waals surface area contributed by atoms with Crippen LogP contribution in [0.15, 0.2) is 48.5 Å². The topological polar surface area (TPSA) is 65.1 Å². The van der Waals surface area contributed by atoms with E-state index in [1.54, 1.807) is 50.6 Å². The van der Waals surface area contributed by atoms with Gasteiger partial charge in [-0.2, -0.15) is 0 Å². The number of hydrogen-bond acceptors (Lipinski definition) is 5. The van der Waals surface area contributed by atoms with Gasteiger partial charge in [0, 0.05) is 13.6 Å². The van der Waals surface area contributed by atoms with Crippen LogP contribution < -0.4 is 9.47 Å². The predicted molar refractivity (Wildman–Crippen MR) is 96.9 cm³/mol. The van der Waals surface area contributed by atoms with Gasteiger partial charge >= 0.3 is 5.97 Å². The highest BCUT2D eigenvalue weighted by Gasteiger charge is 2.13. The van der Waals surface area contributed by atoms with Gasteiger partial charge in [0.2, 0.25) is 0 Å². The molecule has 0 aliphatic carbocycles. The summed E-state index contributed by atoms with van der Waals surface area (Å²) in [4.78, 5) is 25.1. The van der Waals surface area contributed by atoms with Crippen molar-refractivity contribution in [2.45, 2.75) is 13.0 Å². The highest BCUT2D eigenvalue weighted by molar-refractivity contribution is 5.80. The number of nitrogens with zero attached hydrogens (tertiary/aromatic N) is 1. The van der Waals surface area contributed by atoms with Crippen LogP contribution in [0.3, 0.4) is 0 Å². The molecule has 0 radical (unpaired) electrons. The Morgan fingerprint density at radius 2 is 1.78 bits per heavy atom. The SMILES string of the molecule is COc1ccc(OCCC(=O)OCC(=O)N(C)Cc2cccc(F)c2)cc1. The molecule has 0 saturated heterocycles. The molecule has 0 N–H and O–H groups in total. The standard InChI is InChI=1S/C20H22FNO5/c1-22(13-15-4-3-5-16(21)12-15)19(23)14-27-20(24)10-11-26-18-8-6-17(25-2)7-9-18/h3-9,12H,10-11,13-14H2,1-2H3. The first-order valence-corrected chi connectivity index (χ1v) is 8.39. The molecule has 144 valence electrons. The molecule has 2 rings (SSSR count). The molecule has 6 nitrogen and oxygen atoms in total. The van der Waals surface area contributed by atoms with Crippen LogP contribution in [-0.2, 0) is 20.9 Å². The van der Waals surface area contributed by atoms with Crippen molar-refractivity contribution < 1.29 is 28.2 Å². The smallest absolute Gasteiger partial charge is 0.309 e. The van der Waals surface area contributed by atoms with E-state index >= 15 is 0 Å². The maximum atomic E-state index is 13.2. The summed E-state index contributed by atoms with van der Waals surface area (Å²) in [7, 11) is 3.14. The first-order valence-electron chi connectivity index (χ1n) is 8.39. The molecule has 0 aliphatic rings. The first-order chi connectivity index (χ1) is 13.0. The number of ether oxygens (including phenoxy) is 3. The zero-order valence-corrected chi connectivity index (χ0v) is 15.3. The van der Waals surface area contributed by atoms with Gasteiger partial charge in [-0.05, 0) is 42.0 Å². The molecule has 2 aromatic rings. The summed E-state index contributed by atoms with van der Waals surface area (Å²) < 4.78 is 28.6. The lowest BCUT2D eigenvalue weighted by Gasteiger charge is -2.17. The van der Waals surface area contributed by atoms with Gasteiger partial charge in [0.1, 0.15) is 17.3 Å². The van der Waals surface area contributed by atoms with E-state index < -0.39 is 5.97 Å². The molecule has 0 aliphatic heterocycles. The second-order valence-corrected chi connectivity index (χ2v) is 5.81. The van der Waals surface area contributed by atoms with Gasteiger partial charge in [-0.3, -0.25) is 9.59 Å². The van der Waals surface area contributed by atoms with Crippen molar-refractivity contribution in [2.24, 2.45) is 0 Å². The highest BCUT2D eigenvalue weighted by atomic mass is 19.1. The van der Waals surface area contributed by atoms with Crippen LogP contribution in [0.2, 0.25) is 0 Å². The molecule has 0 heterocycles. The van der Waals surface area contributed by atoms with Crippen LogP contribution >= 0.6 is 0 Å². The normalized spacial score (nSPS) is 10.2. The number of carbonyl (C=O) groups excluding carboxylic acids is 2. The molecule has 0 fully saturated rings. The van der Waals surface area contributed by atoms with Crippen LogP contribution in [0.1, 0.15) is 12.0 Å². The molecule has 0 atom stereocenters. The fourth-order valence-corrected chi connectivity index (χ4v) is 2.25. The minimum absolute atomic E-state index is 0.0208. The van der Waals surface area contributed by atoms with Crippen molar-refractivity contribution in [2.75, 3.05) is 27.4 Å². The lowest BCUT2D eigenvalue weighted by molar-refractivity contribution is -0.152. The molecule has 27 heavy (non-hydrogen) atoms. The number of benzene rings is 2. The van der Waals surface area contributed by atoms with Crippen molar-refractivity contribution in [3.63, 3.8) is 0 Å². The fraction of sp³-hybridized carbons (Fsp3) is 0.300. The van der Waals surface area contributed by atoms with Crippen LogP contribution in [-0.4, -0.2) is 44.1 Å². The third-order valence-electron chi connectivity index (χ3n) is 3.73. The van der Waals surface area contributed by atoms with Gasteiger partial charge in [0.15, 0.2) is 6.61 Å². The van der Waals surface area contributed by atoms with Gasteiger partial charge in [0.05, 0.1) is 20.1 Å². The Bertz CT molecular complexity index is 763. The molecule has 0 spiro atoms. The molecule has 1 amide bonds. The third-order valence-corrected chi connectivity index (χ3v) is 3.73. The number of carbonyl (C=O) groups is 2. The Morgan fingerprint density at radius 3 is 2.44 bits per heavy atom. The van der Waals surface area contributed by atoms with Gasteiger partial charge < -0.3 is 19.1 Å². The summed E-state index contributed by atoms with van der Waals surface area (Å²) in [5, 5.41) is 0. The molecule has 0 aromatic heterocycles. The van der Waals surface area contributed by atoms with Crippen LogP contribution in [0.4, 0.5) is 4.39 Å². The average Bonchev–Trinajstić information content (AvgIpc) is 2.66. The summed E-state index contributed by atoms with van der Waals surface area (Å²) in [5.74, 6) is 0.0495. The number of halogens is 1. The van der Waals surface area contributed by atoms with Crippen molar-refractivity contribution >= 4 is 11.9 Å². The Morgan fingerprint density at radius 1 is 1.07 bits per heavy atom. The van der Waals surface area contributed by atoms with Crippen molar-refractivity contribution in [3.8, 4) is 11.5 Å². The average molecular weight is 375 g/mol. The molecular weight excluding hydrogens is 353 g/mol. The van der Waals surface area contributed by atoms with E-state index in [0.717, 1.165) is 0 Å². The highest BCUT2D eigenvalue weighted by Crippen LogP contribution is 2.17. The van der Waals surface area contributed by atoms with E-state index in [1.807, 2.05) is 0 Å². The summed E-state index contributed by atoms with van der Waals surface area (Å²) in [6, 6.07) is 12.9. The third kappa shape index (κ3) is 6.97. The van der Waals surface area contributed by atoms with E-state index in [-0.39, 0.29) is 37.9 Å². The first kappa shape index (κ1) is 20.2. The van der Waals surface area contributed by atoms with Crippen molar-refractivity contribution in [1.29, 1.82) is 0 Å². The fourth-order valence-electron chi connectivity index (χ4n) is 2.25. The predicted octanol–water partition coefficient (Wildman–Crippen LogP) is 2.81. The Labute approximate surface area is 157 Å². The molecule has 0 bridgehead atoms. The quantitative estimate of drug-likeness (QED) is 0.631. The van der Waals surface area contributed by atoms with Gasteiger partial charge in [-0.1, -0.05) is 12.1 Å².